The van der Waals surface area contributed by atoms with Gasteiger partial charge in [-0.25, -0.2) is 4.99 Å². The molecule has 0 saturated carbocycles. The van der Waals surface area contributed by atoms with Crippen molar-refractivity contribution in [1.29, 1.82) is 5.26 Å². The molecule has 196 valence electrons. The number of nitrogens with two attached hydrogens (primary N) is 1. The van der Waals surface area contributed by atoms with Gasteiger partial charge >= 0.3 is 5.97 Å². The van der Waals surface area contributed by atoms with Gasteiger partial charge in [-0.05, 0) is 65.1 Å². The molecule has 4 aromatic carbocycles. The van der Waals surface area contributed by atoms with Gasteiger partial charge in [-0.2, -0.15) is 5.26 Å². The Bertz CT molecular complexity index is 1700. The van der Waals surface area contributed by atoms with Crippen LogP contribution in [0.4, 0.5) is 0 Å². The van der Waals surface area contributed by atoms with E-state index < -0.39 is 17.4 Å². The summed E-state index contributed by atoms with van der Waals surface area (Å²) in [5.41, 5.74) is 10.9. The zero-order valence-corrected chi connectivity index (χ0v) is 22.0. The number of cyclic esters (lactones) is 1. The summed E-state index contributed by atoms with van der Waals surface area (Å²) in [6.45, 7) is 1.55. The molecule has 0 saturated heterocycles. The van der Waals surface area contributed by atoms with Crippen LogP contribution in [0.2, 0.25) is 0 Å². The van der Waals surface area contributed by atoms with Crippen LogP contribution in [0.1, 0.15) is 45.1 Å². The van der Waals surface area contributed by atoms with Crippen LogP contribution in [0.25, 0.3) is 17.2 Å². The quantitative estimate of drug-likeness (QED) is 0.329. The van der Waals surface area contributed by atoms with Crippen LogP contribution in [-0.4, -0.2) is 23.1 Å². The molecule has 0 fully saturated rings. The molecule has 1 amide bonds. The maximum absolute atomic E-state index is 13.6. The smallest absolute Gasteiger partial charge is 0.326 e. The van der Waals surface area contributed by atoms with Crippen LogP contribution < -0.4 is 5.73 Å². The second-order valence-electron chi connectivity index (χ2n) is 9.99. The molecular formula is C34H27N3O3. The van der Waals surface area contributed by atoms with Crippen LogP contribution >= 0.6 is 0 Å². The predicted octanol–water partition coefficient (Wildman–Crippen LogP) is 5.88. The van der Waals surface area contributed by atoms with Crippen LogP contribution in [0.5, 0.6) is 0 Å². The number of amides is 1. The summed E-state index contributed by atoms with van der Waals surface area (Å²) in [4.78, 5) is 31.2. The average Bonchev–Trinajstić information content (AvgIpc) is 2.97. The number of ether oxygens (including phenoxy) is 1. The largest absolute Gasteiger partial charge is 0.459 e. The Morgan fingerprint density at radius 3 is 2.38 bits per heavy atom. The number of benzene rings is 4. The zero-order chi connectivity index (χ0) is 28.1. The summed E-state index contributed by atoms with van der Waals surface area (Å²) in [5.74, 6) is -1.02. The summed E-state index contributed by atoms with van der Waals surface area (Å²) >= 11 is 0. The lowest BCUT2D eigenvalue weighted by atomic mass is 9.93. The van der Waals surface area contributed by atoms with Crippen molar-refractivity contribution in [2.75, 3.05) is 0 Å². The molecule has 4 bridgehead atoms. The Balaban J connectivity index is 1.68. The van der Waals surface area contributed by atoms with Crippen LogP contribution in [0.15, 0.2) is 108 Å². The van der Waals surface area contributed by atoms with Gasteiger partial charge in [-0.1, -0.05) is 78.9 Å². The highest BCUT2D eigenvalue weighted by molar-refractivity contribution is 6.17. The van der Waals surface area contributed by atoms with Crippen molar-refractivity contribution in [3.8, 4) is 17.2 Å². The number of carbonyl (C=O) groups is 2. The Labute approximate surface area is 233 Å². The van der Waals surface area contributed by atoms with Gasteiger partial charge in [0.2, 0.25) is 0 Å². The van der Waals surface area contributed by atoms with E-state index in [0.717, 1.165) is 16.7 Å². The molecule has 0 radical (unpaired) electrons. The first-order chi connectivity index (χ1) is 19.3. The third-order valence-electron chi connectivity index (χ3n) is 6.68. The minimum Gasteiger partial charge on any atom is -0.459 e. The zero-order valence-electron chi connectivity index (χ0n) is 22.0. The van der Waals surface area contributed by atoms with Gasteiger partial charge < -0.3 is 10.5 Å². The molecule has 0 spiro atoms. The van der Waals surface area contributed by atoms with Crippen molar-refractivity contribution in [3.63, 3.8) is 0 Å². The number of nitrogens with zero attached hydrogens (tertiary/aromatic N) is 2. The lowest BCUT2D eigenvalue weighted by Gasteiger charge is -2.23. The highest BCUT2D eigenvalue weighted by Crippen LogP contribution is 2.27. The van der Waals surface area contributed by atoms with Crippen molar-refractivity contribution in [2.24, 2.45) is 10.7 Å². The summed E-state index contributed by atoms with van der Waals surface area (Å²) in [7, 11) is 0. The predicted molar refractivity (Wildman–Crippen MR) is 155 cm³/mol. The average molecular weight is 526 g/mol. The van der Waals surface area contributed by atoms with E-state index in [1.54, 1.807) is 31.2 Å². The lowest BCUT2D eigenvalue weighted by molar-refractivity contribution is -0.150. The minimum atomic E-state index is -1.26. The number of fused-ring (bicyclic) bond motifs is 4. The standard InChI is InChI=1S/C34H27N3O3/c1-34(36)20-24-9-7-8-23(16-24)14-15-31(26-10-3-2-4-11-26)37-32(38)29-18-25(22-40-33(34)39)17-28(19-29)30-13-6-5-12-27(30)21-35/h2-19H,20,22,36H2,1H3/b15-14+,37-31?/t34-/m1/s1. The molecule has 2 N–H and O–H groups in total. The monoisotopic (exact) mass is 525 g/mol. The topological polar surface area (TPSA) is 106 Å². The van der Waals surface area contributed by atoms with Gasteiger partial charge in [0.25, 0.3) is 5.91 Å². The summed E-state index contributed by atoms with van der Waals surface area (Å²) < 4.78 is 5.65. The van der Waals surface area contributed by atoms with Crippen LogP contribution in [0.3, 0.4) is 0 Å². The first-order valence-corrected chi connectivity index (χ1v) is 12.9. The van der Waals surface area contributed by atoms with Crippen molar-refractivity contribution in [1.82, 2.24) is 0 Å². The number of aliphatic imine (C=N–C) groups is 1. The molecule has 4 aromatic rings. The van der Waals surface area contributed by atoms with E-state index in [9.17, 15) is 14.9 Å². The van der Waals surface area contributed by atoms with Gasteiger partial charge in [-0.15, -0.1) is 0 Å². The maximum Gasteiger partial charge on any atom is 0.326 e. The summed E-state index contributed by atoms with van der Waals surface area (Å²) in [6, 6.07) is 31.7. The maximum atomic E-state index is 13.6. The van der Waals surface area contributed by atoms with Crippen molar-refractivity contribution in [2.45, 2.75) is 25.5 Å². The molecule has 1 atom stereocenters. The first-order valence-electron chi connectivity index (χ1n) is 12.9. The molecule has 6 nitrogen and oxygen atoms in total. The molecule has 5 rings (SSSR count). The van der Waals surface area contributed by atoms with Gasteiger partial charge in [0, 0.05) is 17.5 Å². The van der Waals surface area contributed by atoms with Crippen molar-refractivity contribution >= 4 is 23.7 Å². The van der Waals surface area contributed by atoms with E-state index in [1.165, 1.54) is 0 Å². The molecule has 1 heterocycles. The lowest BCUT2D eigenvalue weighted by Crippen LogP contribution is -2.48. The Hall–Kier alpha value is -5.12. The van der Waals surface area contributed by atoms with E-state index in [0.29, 0.717) is 33.5 Å². The highest BCUT2D eigenvalue weighted by atomic mass is 16.5. The number of hydrogen-bond acceptors (Lipinski definition) is 5. The van der Waals surface area contributed by atoms with Gasteiger partial charge in [0.1, 0.15) is 12.1 Å². The Morgan fingerprint density at radius 1 is 0.825 bits per heavy atom. The van der Waals surface area contributed by atoms with E-state index in [1.807, 2.05) is 84.9 Å². The van der Waals surface area contributed by atoms with Gasteiger partial charge in [0.15, 0.2) is 0 Å². The molecule has 0 unspecified atom stereocenters. The molecule has 0 aliphatic carbocycles. The number of allylic oxidation sites excluding steroid dienone is 1. The normalized spacial score (nSPS) is 18.3. The van der Waals surface area contributed by atoms with Crippen LogP contribution in [-0.2, 0) is 22.6 Å². The highest BCUT2D eigenvalue weighted by Gasteiger charge is 2.30. The molecular weight excluding hydrogens is 498 g/mol. The van der Waals surface area contributed by atoms with E-state index in [2.05, 4.69) is 11.1 Å². The van der Waals surface area contributed by atoms with E-state index >= 15 is 0 Å². The third kappa shape index (κ3) is 5.96. The molecule has 0 aromatic heterocycles. The van der Waals surface area contributed by atoms with E-state index in [-0.39, 0.29) is 13.0 Å². The number of rotatable bonds is 2. The fourth-order valence-electron chi connectivity index (χ4n) is 4.66. The first kappa shape index (κ1) is 26.5. The second-order valence-corrected chi connectivity index (χ2v) is 9.99. The fourth-order valence-corrected chi connectivity index (χ4v) is 4.66. The number of esters is 1. The number of carbonyl (C=O) groups excluding carboxylic acids is 2. The second kappa shape index (κ2) is 11.3. The van der Waals surface area contributed by atoms with Gasteiger partial charge in [0.05, 0.1) is 17.3 Å². The Morgan fingerprint density at radius 2 is 1.57 bits per heavy atom. The minimum absolute atomic E-state index is 0.0936. The summed E-state index contributed by atoms with van der Waals surface area (Å²) in [6.07, 6.45) is 3.97. The van der Waals surface area contributed by atoms with Crippen LogP contribution in [0, 0.1) is 11.3 Å². The van der Waals surface area contributed by atoms with E-state index in [4.69, 9.17) is 10.5 Å². The summed E-state index contributed by atoms with van der Waals surface area (Å²) in [5, 5.41) is 9.68. The number of hydrogen-bond donors (Lipinski definition) is 1. The molecule has 1 aliphatic heterocycles. The third-order valence-corrected chi connectivity index (χ3v) is 6.68. The molecule has 40 heavy (non-hydrogen) atoms. The molecule has 1 aliphatic rings. The van der Waals surface area contributed by atoms with Crippen molar-refractivity contribution < 1.29 is 14.3 Å². The fraction of sp³-hybridized carbons (Fsp3) is 0.118. The molecule has 6 heteroatoms. The van der Waals surface area contributed by atoms with Gasteiger partial charge in [-0.3, -0.25) is 9.59 Å². The van der Waals surface area contributed by atoms with Crippen molar-refractivity contribution in [3.05, 3.63) is 137 Å². The Kier molecular flexibility index (Phi) is 7.50. The SMILES string of the molecule is C[C@@]1(N)Cc2cccc(c2)/C=C/C(c2ccccc2)=NC(=O)c2cc(cc(-c3ccccc3C#N)c2)COC1=O. The number of nitriles is 1.